The molecule has 0 radical (unpaired) electrons. The fourth-order valence-electron chi connectivity index (χ4n) is 6.45. The van der Waals surface area contributed by atoms with Crippen molar-refractivity contribution in [2.75, 3.05) is 19.6 Å². The van der Waals surface area contributed by atoms with E-state index in [0.29, 0.717) is 11.8 Å². The highest BCUT2D eigenvalue weighted by atomic mass is 35.5. The molecule has 31 heavy (non-hydrogen) atoms. The maximum Gasteiger partial charge on any atom is 0.0833 e. The zero-order chi connectivity index (χ0) is 21.0. The molecule has 1 aliphatic heterocycles. The van der Waals surface area contributed by atoms with E-state index in [1.54, 1.807) is 12.4 Å². The van der Waals surface area contributed by atoms with Gasteiger partial charge in [-0.3, -0.25) is 4.98 Å². The van der Waals surface area contributed by atoms with Gasteiger partial charge in [-0.05, 0) is 84.3 Å². The molecule has 2 aromatic carbocycles. The Morgan fingerprint density at radius 2 is 1.84 bits per heavy atom. The first kappa shape index (κ1) is 19.5. The van der Waals surface area contributed by atoms with Crippen LogP contribution in [0.5, 0.6) is 0 Å². The summed E-state index contributed by atoms with van der Waals surface area (Å²) < 4.78 is 0. The number of hydrogen-bond acceptors (Lipinski definition) is 3. The quantitative estimate of drug-likeness (QED) is 0.608. The second-order valence-electron chi connectivity index (χ2n) is 9.50. The van der Waals surface area contributed by atoms with E-state index < -0.39 is 6.10 Å². The molecule has 3 nitrogen and oxygen atoms in total. The molecule has 0 spiro atoms. The Morgan fingerprint density at radius 1 is 1.03 bits per heavy atom. The van der Waals surface area contributed by atoms with Crippen LogP contribution >= 0.6 is 11.6 Å². The summed E-state index contributed by atoms with van der Waals surface area (Å²) in [4.78, 5) is 6.79. The zero-order valence-corrected chi connectivity index (χ0v) is 18.3. The van der Waals surface area contributed by atoms with Gasteiger partial charge in [-0.2, -0.15) is 0 Å². The summed E-state index contributed by atoms with van der Waals surface area (Å²) in [5.74, 6) is 0.792. The number of likely N-dealkylation sites (tertiary alicyclic amines) is 1. The number of aromatic nitrogens is 1. The summed E-state index contributed by atoms with van der Waals surface area (Å²) in [6, 6.07) is 19.4. The lowest BCUT2D eigenvalue weighted by atomic mass is 9.74. The van der Waals surface area contributed by atoms with E-state index in [-0.39, 0.29) is 5.41 Å². The number of nitrogens with zero attached hydrogens (tertiary/aromatic N) is 2. The second-order valence-corrected chi connectivity index (χ2v) is 9.94. The number of piperidine rings is 1. The minimum Gasteiger partial charge on any atom is -0.388 e. The zero-order valence-electron chi connectivity index (χ0n) is 17.5. The number of pyridine rings is 1. The summed E-state index contributed by atoms with van der Waals surface area (Å²) in [7, 11) is 0. The van der Waals surface area contributed by atoms with Crippen LogP contribution in [0.4, 0.5) is 0 Å². The Hall–Kier alpha value is -2.20. The number of aliphatic hydroxyl groups excluding tert-OH is 1. The van der Waals surface area contributed by atoms with Crippen molar-refractivity contribution in [3.05, 3.63) is 99.8 Å². The number of rotatable bonds is 4. The van der Waals surface area contributed by atoms with Crippen molar-refractivity contribution in [2.45, 2.75) is 36.7 Å². The van der Waals surface area contributed by atoms with Crippen LogP contribution < -0.4 is 0 Å². The highest BCUT2D eigenvalue weighted by Crippen LogP contribution is 2.60. The number of halogens is 1. The minimum absolute atomic E-state index is 0.0380. The van der Waals surface area contributed by atoms with Crippen LogP contribution in [0.3, 0.4) is 0 Å². The van der Waals surface area contributed by atoms with Crippen molar-refractivity contribution in [3.8, 4) is 0 Å². The summed E-state index contributed by atoms with van der Waals surface area (Å²) >= 11 is 6.46. The van der Waals surface area contributed by atoms with E-state index in [0.717, 1.165) is 49.5 Å². The maximum atomic E-state index is 10.8. The maximum absolute atomic E-state index is 10.8. The van der Waals surface area contributed by atoms with E-state index in [9.17, 15) is 5.11 Å². The van der Waals surface area contributed by atoms with Crippen LogP contribution in [-0.2, 0) is 5.41 Å². The van der Waals surface area contributed by atoms with Gasteiger partial charge in [0.25, 0.3) is 0 Å². The van der Waals surface area contributed by atoms with Crippen LogP contribution in [0.15, 0.2) is 67.0 Å². The number of benzene rings is 2. The van der Waals surface area contributed by atoms with Crippen LogP contribution in [0.1, 0.15) is 59.1 Å². The van der Waals surface area contributed by atoms with Crippen molar-refractivity contribution in [1.82, 2.24) is 9.88 Å². The molecule has 3 atom stereocenters. The lowest BCUT2D eigenvalue weighted by Crippen LogP contribution is -2.44. The Labute approximate surface area is 188 Å². The van der Waals surface area contributed by atoms with Gasteiger partial charge in [0, 0.05) is 35.3 Å². The predicted octanol–water partition coefficient (Wildman–Crippen LogP) is 5.32. The normalized spacial score (nSPS) is 25.9. The summed E-state index contributed by atoms with van der Waals surface area (Å²) in [6.45, 7) is 3.07. The third-order valence-corrected chi connectivity index (χ3v) is 8.14. The molecule has 3 aliphatic rings. The monoisotopic (exact) mass is 430 g/mol. The first-order chi connectivity index (χ1) is 15.2. The first-order valence-corrected chi connectivity index (χ1v) is 11.7. The predicted molar refractivity (Wildman–Crippen MR) is 123 cm³/mol. The van der Waals surface area contributed by atoms with Crippen molar-refractivity contribution in [3.63, 3.8) is 0 Å². The lowest BCUT2D eigenvalue weighted by Gasteiger charge is -2.40. The Balaban J connectivity index is 1.25. The molecule has 4 heteroatoms. The van der Waals surface area contributed by atoms with Gasteiger partial charge in [0.2, 0.25) is 0 Å². The van der Waals surface area contributed by atoms with Gasteiger partial charge < -0.3 is 10.0 Å². The standard InChI is InChI=1S/C27H27ClN2O/c28-20-7-8-22-23-15-27(25(22)14-20,24-6-2-1-5-21(23)24)17-30-12-9-18(10-13-30)26(31)19-4-3-11-29-16-19/h1-8,11,14,16,18,23,26,31H,9-10,12-13,15,17H2/t23-,26-,27+/m1/s1. The largest absolute Gasteiger partial charge is 0.388 e. The highest BCUT2D eigenvalue weighted by Gasteiger charge is 2.53. The van der Waals surface area contributed by atoms with Crippen molar-refractivity contribution < 1.29 is 5.11 Å². The Morgan fingerprint density at radius 3 is 2.65 bits per heavy atom. The van der Waals surface area contributed by atoms with E-state index in [4.69, 9.17) is 11.6 Å². The SMILES string of the molecule is O[C@@H](c1cccnc1)C1CCN(C[C@@]23C[C@H](c4ccccc42)c2ccc(Cl)cc23)CC1. The van der Waals surface area contributed by atoms with Crippen molar-refractivity contribution in [2.24, 2.45) is 5.92 Å². The van der Waals surface area contributed by atoms with Crippen LogP contribution in [0.25, 0.3) is 0 Å². The molecule has 0 amide bonds. The fraction of sp³-hybridized carbons (Fsp3) is 0.370. The van der Waals surface area contributed by atoms with E-state index in [1.165, 1.54) is 22.3 Å². The molecule has 2 heterocycles. The third kappa shape index (κ3) is 3.06. The number of aliphatic hydroxyl groups is 1. The molecule has 6 rings (SSSR count). The van der Waals surface area contributed by atoms with Gasteiger partial charge in [-0.1, -0.05) is 48.0 Å². The van der Waals surface area contributed by atoms with Gasteiger partial charge in [0.15, 0.2) is 0 Å². The van der Waals surface area contributed by atoms with Gasteiger partial charge in [-0.25, -0.2) is 0 Å². The molecule has 3 aromatic rings. The molecule has 1 saturated heterocycles. The van der Waals surface area contributed by atoms with Crippen LogP contribution in [-0.4, -0.2) is 34.6 Å². The van der Waals surface area contributed by atoms with Crippen molar-refractivity contribution in [1.29, 1.82) is 0 Å². The first-order valence-electron chi connectivity index (χ1n) is 11.4. The number of hydrogen-bond donors (Lipinski definition) is 1. The van der Waals surface area contributed by atoms with E-state index in [2.05, 4.69) is 46.3 Å². The van der Waals surface area contributed by atoms with Crippen molar-refractivity contribution >= 4 is 11.6 Å². The van der Waals surface area contributed by atoms with Gasteiger partial charge in [0.05, 0.1) is 6.10 Å². The minimum atomic E-state index is -0.420. The van der Waals surface area contributed by atoms with Crippen LogP contribution in [0.2, 0.25) is 5.02 Å². The molecule has 158 valence electrons. The summed E-state index contributed by atoms with van der Waals surface area (Å²) in [6.07, 6.45) is 6.32. The third-order valence-electron chi connectivity index (χ3n) is 7.91. The second kappa shape index (κ2) is 7.44. The Bertz CT molecular complexity index is 1110. The summed E-state index contributed by atoms with van der Waals surface area (Å²) in [5.41, 5.74) is 6.86. The topological polar surface area (TPSA) is 36.4 Å². The number of fused-ring (bicyclic) bond motifs is 8. The van der Waals surface area contributed by atoms with Gasteiger partial charge >= 0.3 is 0 Å². The highest BCUT2D eigenvalue weighted by molar-refractivity contribution is 6.30. The molecular weight excluding hydrogens is 404 g/mol. The molecule has 2 bridgehead atoms. The summed E-state index contributed by atoms with van der Waals surface area (Å²) in [5, 5.41) is 11.7. The Kier molecular flexibility index (Phi) is 4.68. The molecular formula is C27H27ClN2O. The van der Waals surface area contributed by atoms with Gasteiger partial charge in [0.1, 0.15) is 0 Å². The fourth-order valence-corrected chi connectivity index (χ4v) is 6.62. The van der Waals surface area contributed by atoms with Crippen LogP contribution in [0, 0.1) is 5.92 Å². The molecule has 2 aliphatic carbocycles. The van der Waals surface area contributed by atoms with E-state index >= 15 is 0 Å². The smallest absolute Gasteiger partial charge is 0.0833 e. The average molecular weight is 431 g/mol. The molecule has 1 aromatic heterocycles. The van der Waals surface area contributed by atoms with Gasteiger partial charge in [-0.15, -0.1) is 0 Å². The molecule has 1 fully saturated rings. The average Bonchev–Trinajstić information content (AvgIpc) is 3.31. The van der Waals surface area contributed by atoms with E-state index in [1.807, 2.05) is 18.2 Å². The molecule has 0 unspecified atom stereocenters. The lowest BCUT2D eigenvalue weighted by molar-refractivity contribution is 0.0538. The molecule has 0 saturated carbocycles. The molecule has 1 N–H and O–H groups in total.